The molecule has 1 aromatic carbocycles. The number of benzene rings is 1. The van der Waals surface area contributed by atoms with E-state index < -0.39 is 11.9 Å². The molecule has 98 valence electrons. The third kappa shape index (κ3) is 2.85. The van der Waals surface area contributed by atoms with Gasteiger partial charge in [-0.15, -0.1) is 0 Å². The van der Waals surface area contributed by atoms with Crippen LogP contribution in [0.2, 0.25) is 0 Å². The average Bonchev–Trinajstić information content (AvgIpc) is 2.78. The fraction of sp³-hybridized carbons (Fsp3) is 0.0769. The number of anilines is 1. The van der Waals surface area contributed by atoms with Crippen LogP contribution >= 0.6 is 15.9 Å². The minimum absolute atomic E-state index is 0.0402. The summed E-state index contributed by atoms with van der Waals surface area (Å²) in [6.45, 7) is 1.60. The van der Waals surface area contributed by atoms with Crippen molar-refractivity contribution < 1.29 is 19.1 Å². The number of carboxylic acids is 1. The van der Waals surface area contributed by atoms with Crippen molar-refractivity contribution in [1.29, 1.82) is 0 Å². The van der Waals surface area contributed by atoms with Gasteiger partial charge in [0.1, 0.15) is 0 Å². The van der Waals surface area contributed by atoms with E-state index in [0.717, 1.165) is 0 Å². The Balaban J connectivity index is 2.27. The minimum Gasteiger partial charge on any atom is -0.545 e. The molecule has 1 N–H and O–H groups in total. The largest absolute Gasteiger partial charge is 0.545 e. The fourth-order valence-corrected chi connectivity index (χ4v) is 1.92. The molecule has 6 heteroatoms. The summed E-state index contributed by atoms with van der Waals surface area (Å²) in [7, 11) is 0. The Morgan fingerprint density at radius 1 is 1.26 bits per heavy atom. The van der Waals surface area contributed by atoms with Gasteiger partial charge in [-0.1, -0.05) is 12.1 Å². The molecule has 1 aromatic heterocycles. The number of carboxylic acid groups (broad SMARTS) is 1. The van der Waals surface area contributed by atoms with Crippen LogP contribution in [0.3, 0.4) is 0 Å². The third-order valence-corrected chi connectivity index (χ3v) is 3.03. The van der Waals surface area contributed by atoms with Gasteiger partial charge in [0.15, 0.2) is 10.4 Å². The number of carbonyl (C=O) groups excluding carboxylic acids is 2. The Bertz CT molecular complexity index is 648. The van der Waals surface area contributed by atoms with Gasteiger partial charge in [0.25, 0.3) is 5.91 Å². The first-order valence-corrected chi connectivity index (χ1v) is 6.16. The van der Waals surface area contributed by atoms with Gasteiger partial charge in [0, 0.05) is 11.3 Å². The van der Waals surface area contributed by atoms with Crippen LogP contribution in [-0.4, -0.2) is 11.9 Å². The molecule has 0 unspecified atom stereocenters. The lowest BCUT2D eigenvalue weighted by Gasteiger charge is -2.12. The summed E-state index contributed by atoms with van der Waals surface area (Å²) in [5, 5.41) is 13.5. The molecule has 0 saturated carbocycles. The van der Waals surface area contributed by atoms with Gasteiger partial charge in [-0.25, -0.2) is 0 Å². The van der Waals surface area contributed by atoms with E-state index in [4.69, 9.17) is 4.42 Å². The Kier molecular flexibility index (Phi) is 3.71. The van der Waals surface area contributed by atoms with Crippen LogP contribution in [0, 0.1) is 6.92 Å². The van der Waals surface area contributed by atoms with E-state index in [9.17, 15) is 14.7 Å². The molecule has 2 rings (SSSR count). The van der Waals surface area contributed by atoms with Crippen molar-refractivity contribution in [2.75, 3.05) is 5.32 Å². The summed E-state index contributed by atoms with van der Waals surface area (Å²) in [6, 6.07) is 7.67. The van der Waals surface area contributed by atoms with Crippen molar-refractivity contribution >= 4 is 33.5 Å². The predicted octanol–water partition coefficient (Wildman–Crippen LogP) is 1.97. The molecule has 5 nitrogen and oxygen atoms in total. The lowest BCUT2D eigenvalue weighted by Crippen LogP contribution is -2.24. The Labute approximate surface area is 117 Å². The van der Waals surface area contributed by atoms with E-state index in [-0.39, 0.29) is 11.3 Å². The highest BCUT2D eigenvalue weighted by Crippen LogP contribution is 2.20. The van der Waals surface area contributed by atoms with Crippen LogP contribution in [0.5, 0.6) is 0 Å². The van der Waals surface area contributed by atoms with Gasteiger partial charge in [-0.2, -0.15) is 0 Å². The maximum absolute atomic E-state index is 11.9. The van der Waals surface area contributed by atoms with Crippen LogP contribution in [0.15, 0.2) is 39.4 Å². The summed E-state index contributed by atoms with van der Waals surface area (Å²) in [5.74, 6) is -1.61. The van der Waals surface area contributed by atoms with Gasteiger partial charge in [-0.3, -0.25) is 4.79 Å². The average molecular weight is 323 g/mol. The summed E-state index contributed by atoms with van der Waals surface area (Å²) >= 11 is 3.10. The normalized spacial score (nSPS) is 10.2. The molecule has 2 aromatic rings. The lowest BCUT2D eigenvalue weighted by molar-refractivity contribution is -0.255. The van der Waals surface area contributed by atoms with E-state index in [1.54, 1.807) is 19.1 Å². The highest BCUT2D eigenvalue weighted by atomic mass is 79.9. The van der Waals surface area contributed by atoms with Crippen molar-refractivity contribution in [3.63, 3.8) is 0 Å². The zero-order valence-electron chi connectivity index (χ0n) is 9.90. The molecule has 0 aliphatic carbocycles. The lowest BCUT2D eigenvalue weighted by atomic mass is 10.1. The molecule has 0 atom stereocenters. The van der Waals surface area contributed by atoms with Crippen molar-refractivity contribution in [2.45, 2.75) is 6.92 Å². The van der Waals surface area contributed by atoms with E-state index in [0.29, 0.717) is 15.9 Å². The molecule has 0 saturated heterocycles. The number of amides is 1. The summed E-state index contributed by atoms with van der Waals surface area (Å²) in [6.07, 6.45) is 0. The maximum atomic E-state index is 11.9. The first kappa shape index (κ1) is 13.4. The summed E-state index contributed by atoms with van der Waals surface area (Å²) < 4.78 is 5.55. The second-order valence-electron chi connectivity index (χ2n) is 3.82. The number of hydrogen-bond acceptors (Lipinski definition) is 4. The van der Waals surface area contributed by atoms with Gasteiger partial charge in [-0.05, 0) is 46.6 Å². The number of furan rings is 1. The van der Waals surface area contributed by atoms with Crippen molar-refractivity contribution in [3.8, 4) is 0 Å². The number of aromatic carboxylic acids is 1. The molecule has 0 spiro atoms. The van der Waals surface area contributed by atoms with Crippen LogP contribution < -0.4 is 10.4 Å². The SMILES string of the molecule is Cc1c(NC(=O)c2ccc(Br)o2)cccc1C(=O)[O-]. The fourth-order valence-electron chi connectivity index (χ4n) is 1.61. The van der Waals surface area contributed by atoms with Crippen LogP contribution in [0.25, 0.3) is 0 Å². The zero-order valence-corrected chi connectivity index (χ0v) is 11.5. The highest BCUT2D eigenvalue weighted by Gasteiger charge is 2.13. The molecule has 1 heterocycles. The van der Waals surface area contributed by atoms with Crippen LogP contribution in [0.4, 0.5) is 5.69 Å². The van der Waals surface area contributed by atoms with Crippen molar-refractivity contribution in [1.82, 2.24) is 0 Å². The number of halogens is 1. The number of rotatable bonds is 3. The third-order valence-electron chi connectivity index (χ3n) is 2.60. The topological polar surface area (TPSA) is 82.4 Å². The molecule has 0 fully saturated rings. The second kappa shape index (κ2) is 5.27. The number of hydrogen-bond donors (Lipinski definition) is 1. The standard InChI is InChI=1S/C13H10BrNO4/c1-7-8(13(17)18)3-2-4-9(7)15-12(16)10-5-6-11(14)19-10/h2-6H,1H3,(H,15,16)(H,17,18)/p-1. The van der Waals surface area contributed by atoms with Gasteiger partial charge >= 0.3 is 0 Å². The second-order valence-corrected chi connectivity index (χ2v) is 4.61. The van der Waals surface area contributed by atoms with Gasteiger partial charge in [0.05, 0.1) is 5.97 Å². The molecule has 19 heavy (non-hydrogen) atoms. The first-order chi connectivity index (χ1) is 8.99. The Morgan fingerprint density at radius 3 is 2.58 bits per heavy atom. The molecule has 0 bridgehead atoms. The summed E-state index contributed by atoms with van der Waals surface area (Å²) in [5.41, 5.74) is 0.874. The Hall–Kier alpha value is -2.08. The molecule has 1 amide bonds. The maximum Gasteiger partial charge on any atom is 0.291 e. The first-order valence-electron chi connectivity index (χ1n) is 5.36. The Morgan fingerprint density at radius 2 is 2.00 bits per heavy atom. The molecule has 0 radical (unpaired) electrons. The van der Waals surface area contributed by atoms with Crippen LogP contribution in [0.1, 0.15) is 26.5 Å². The molecule has 0 aliphatic rings. The van der Waals surface area contributed by atoms with Crippen molar-refractivity contribution in [3.05, 3.63) is 51.9 Å². The smallest absolute Gasteiger partial charge is 0.291 e. The van der Waals surface area contributed by atoms with Gasteiger partial charge in [0.2, 0.25) is 0 Å². The van der Waals surface area contributed by atoms with E-state index in [1.165, 1.54) is 18.2 Å². The van der Waals surface area contributed by atoms with E-state index in [1.807, 2.05) is 0 Å². The number of carbonyl (C=O) groups is 2. The minimum atomic E-state index is -1.28. The molecular formula is C13H9BrNO4-. The van der Waals surface area contributed by atoms with Crippen molar-refractivity contribution in [2.24, 2.45) is 0 Å². The summed E-state index contributed by atoms with van der Waals surface area (Å²) in [4.78, 5) is 22.8. The van der Waals surface area contributed by atoms with Crippen LogP contribution in [-0.2, 0) is 0 Å². The highest BCUT2D eigenvalue weighted by molar-refractivity contribution is 9.10. The molecular weight excluding hydrogens is 314 g/mol. The quantitative estimate of drug-likeness (QED) is 0.936. The monoisotopic (exact) mass is 322 g/mol. The molecule has 0 aliphatic heterocycles. The van der Waals surface area contributed by atoms with Gasteiger partial charge < -0.3 is 19.6 Å². The predicted molar refractivity (Wildman–Crippen MR) is 69.9 cm³/mol. The zero-order chi connectivity index (χ0) is 14.0. The van der Waals surface area contributed by atoms with E-state index in [2.05, 4.69) is 21.2 Å². The number of nitrogens with one attached hydrogen (secondary N) is 1. The van der Waals surface area contributed by atoms with E-state index >= 15 is 0 Å².